The topological polar surface area (TPSA) is 75.7 Å². The maximum atomic E-state index is 12.2. The molecule has 0 atom stereocenters. The van der Waals surface area contributed by atoms with Gasteiger partial charge in [0.05, 0.1) is 12.1 Å². The molecule has 6 nitrogen and oxygen atoms in total. The molecule has 0 saturated carbocycles. The molecule has 2 rings (SSSR count). The van der Waals surface area contributed by atoms with Crippen molar-refractivity contribution in [1.82, 2.24) is 9.62 Å². The lowest BCUT2D eigenvalue weighted by atomic mass is 10.0. The van der Waals surface area contributed by atoms with Gasteiger partial charge >= 0.3 is 6.09 Å². The highest BCUT2D eigenvalue weighted by Crippen LogP contribution is 2.22. The van der Waals surface area contributed by atoms with Crippen molar-refractivity contribution in [2.24, 2.45) is 0 Å². The molecule has 0 radical (unpaired) electrons. The lowest BCUT2D eigenvalue weighted by Gasteiger charge is -2.33. The van der Waals surface area contributed by atoms with E-state index in [2.05, 4.69) is 4.72 Å². The molecular formula is C12H18N2O4S2. The predicted octanol–water partition coefficient (Wildman–Crippen LogP) is 1.57. The first-order valence-electron chi connectivity index (χ1n) is 6.23. The Morgan fingerprint density at radius 2 is 2.15 bits per heavy atom. The van der Waals surface area contributed by atoms with Gasteiger partial charge in [-0.25, -0.2) is 17.9 Å². The van der Waals surface area contributed by atoms with E-state index in [0.717, 1.165) is 4.88 Å². The molecule has 1 amide bonds. The van der Waals surface area contributed by atoms with Crippen LogP contribution in [0.25, 0.3) is 0 Å². The van der Waals surface area contributed by atoms with Gasteiger partial charge in [-0.3, -0.25) is 4.90 Å². The number of sulfonamides is 1. The summed E-state index contributed by atoms with van der Waals surface area (Å²) < 4.78 is 32.0. The largest absolute Gasteiger partial charge is 0.448 e. The van der Waals surface area contributed by atoms with Gasteiger partial charge in [-0.15, -0.1) is 11.3 Å². The van der Waals surface area contributed by atoms with Gasteiger partial charge < -0.3 is 4.74 Å². The zero-order valence-corrected chi connectivity index (χ0v) is 13.3. The number of carbonyl (C=O) groups is 1. The van der Waals surface area contributed by atoms with Crippen LogP contribution in [0.15, 0.2) is 16.3 Å². The van der Waals surface area contributed by atoms with Gasteiger partial charge in [-0.05, 0) is 32.9 Å². The van der Waals surface area contributed by atoms with Crippen molar-refractivity contribution in [2.75, 3.05) is 19.7 Å². The van der Waals surface area contributed by atoms with Crippen LogP contribution >= 0.6 is 11.3 Å². The standard InChI is InChI=1S/C12H18N2O4S2/c1-9-4-5-10(19-9)20(16,17)13-8-12(2,3)14-6-7-18-11(14)15/h4-5,13H,6-8H2,1-3H3. The minimum absolute atomic E-state index is 0.140. The molecule has 1 fully saturated rings. The number of hydrogen-bond donors (Lipinski definition) is 1. The molecule has 1 N–H and O–H groups in total. The third-order valence-electron chi connectivity index (χ3n) is 3.17. The fourth-order valence-electron chi connectivity index (χ4n) is 1.94. The highest BCUT2D eigenvalue weighted by atomic mass is 32.2. The number of cyclic esters (lactones) is 1. The van der Waals surface area contributed by atoms with Crippen LogP contribution in [-0.2, 0) is 14.8 Å². The number of nitrogens with zero attached hydrogens (tertiary/aromatic N) is 1. The molecule has 20 heavy (non-hydrogen) atoms. The first kappa shape index (κ1) is 15.3. The molecule has 0 aliphatic carbocycles. The quantitative estimate of drug-likeness (QED) is 0.894. The van der Waals surface area contributed by atoms with Crippen LogP contribution < -0.4 is 4.72 Å². The summed E-state index contributed by atoms with van der Waals surface area (Å²) in [5.41, 5.74) is -0.632. The van der Waals surface area contributed by atoms with E-state index >= 15 is 0 Å². The van der Waals surface area contributed by atoms with Crippen LogP contribution in [0.3, 0.4) is 0 Å². The van der Waals surface area contributed by atoms with Crippen molar-refractivity contribution in [3.8, 4) is 0 Å². The smallest absolute Gasteiger partial charge is 0.410 e. The normalized spacial score (nSPS) is 16.6. The molecule has 8 heteroatoms. The number of ether oxygens (including phenoxy) is 1. The Kier molecular flexibility index (Phi) is 4.08. The molecule has 1 saturated heterocycles. The van der Waals surface area contributed by atoms with Gasteiger partial charge in [-0.1, -0.05) is 0 Å². The molecule has 1 aliphatic heterocycles. The second kappa shape index (κ2) is 5.34. The zero-order chi connectivity index (χ0) is 15.0. The van der Waals surface area contributed by atoms with Gasteiger partial charge in [0, 0.05) is 11.4 Å². The fraction of sp³-hybridized carbons (Fsp3) is 0.583. The van der Waals surface area contributed by atoms with Crippen molar-refractivity contribution in [2.45, 2.75) is 30.5 Å². The second-order valence-corrected chi connectivity index (χ2v) is 8.55. The number of rotatable bonds is 5. The highest BCUT2D eigenvalue weighted by molar-refractivity contribution is 7.91. The first-order chi connectivity index (χ1) is 9.22. The third kappa shape index (κ3) is 3.13. The molecule has 2 heterocycles. The molecule has 0 bridgehead atoms. The Morgan fingerprint density at radius 3 is 2.65 bits per heavy atom. The van der Waals surface area contributed by atoms with Gasteiger partial charge in [0.2, 0.25) is 10.0 Å². The Labute approximate surface area is 122 Å². The van der Waals surface area contributed by atoms with Crippen molar-refractivity contribution in [3.63, 3.8) is 0 Å². The number of nitrogens with one attached hydrogen (secondary N) is 1. The van der Waals surface area contributed by atoms with Gasteiger partial charge in [0.15, 0.2) is 0 Å². The molecule has 0 unspecified atom stereocenters. The molecule has 1 aromatic rings. The average Bonchev–Trinajstić information content (AvgIpc) is 2.96. The second-order valence-electron chi connectivity index (χ2n) is 5.27. The molecule has 1 aliphatic rings. The molecule has 0 aromatic carbocycles. The SMILES string of the molecule is Cc1ccc(S(=O)(=O)NCC(C)(C)N2CCOC2=O)s1. The van der Waals surface area contributed by atoms with E-state index < -0.39 is 21.7 Å². The predicted molar refractivity (Wildman–Crippen MR) is 76.4 cm³/mol. The number of amides is 1. The van der Waals surface area contributed by atoms with Gasteiger partial charge in [0.1, 0.15) is 10.8 Å². The number of hydrogen-bond acceptors (Lipinski definition) is 5. The molecule has 1 aromatic heterocycles. The minimum atomic E-state index is -3.53. The maximum absolute atomic E-state index is 12.2. The van der Waals surface area contributed by atoms with E-state index in [1.54, 1.807) is 12.1 Å². The van der Waals surface area contributed by atoms with Crippen molar-refractivity contribution in [1.29, 1.82) is 0 Å². The summed E-state index contributed by atoms with van der Waals surface area (Å²) in [6.45, 7) is 6.43. The summed E-state index contributed by atoms with van der Waals surface area (Å²) in [4.78, 5) is 14.0. The Bertz CT molecular complexity index is 607. The van der Waals surface area contributed by atoms with Gasteiger partial charge in [-0.2, -0.15) is 0 Å². The lowest BCUT2D eigenvalue weighted by molar-refractivity contribution is 0.127. The van der Waals surface area contributed by atoms with E-state index in [1.807, 2.05) is 20.8 Å². The van der Waals surface area contributed by atoms with Gasteiger partial charge in [0.25, 0.3) is 0 Å². The van der Waals surface area contributed by atoms with Crippen molar-refractivity contribution >= 4 is 27.5 Å². The van der Waals surface area contributed by atoms with Crippen LogP contribution in [0.2, 0.25) is 0 Å². The summed E-state index contributed by atoms with van der Waals surface area (Å²) in [7, 11) is -3.53. The minimum Gasteiger partial charge on any atom is -0.448 e. The summed E-state index contributed by atoms with van der Waals surface area (Å²) in [6, 6.07) is 3.35. The molecule has 112 valence electrons. The summed E-state index contributed by atoms with van der Waals surface area (Å²) in [5, 5.41) is 0. The van der Waals surface area contributed by atoms with Crippen molar-refractivity contribution in [3.05, 3.63) is 17.0 Å². The van der Waals surface area contributed by atoms with E-state index in [-0.39, 0.29) is 10.8 Å². The van der Waals surface area contributed by atoms with Crippen LogP contribution in [0.5, 0.6) is 0 Å². The zero-order valence-electron chi connectivity index (χ0n) is 11.7. The van der Waals surface area contributed by atoms with E-state index in [4.69, 9.17) is 4.74 Å². The monoisotopic (exact) mass is 318 g/mol. The fourth-order valence-corrected chi connectivity index (χ4v) is 4.47. The van der Waals surface area contributed by atoms with Crippen molar-refractivity contribution < 1.29 is 17.9 Å². The number of thiophene rings is 1. The average molecular weight is 318 g/mol. The first-order valence-corrected chi connectivity index (χ1v) is 8.53. The maximum Gasteiger partial charge on any atom is 0.410 e. The molecule has 0 spiro atoms. The van der Waals surface area contributed by atoms with E-state index in [1.165, 1.54) is 16.2 Å². The number of carbonyl (C=O) groups excluding carboxylic acids is 1. The van der Waals surface area contributed by atoms with Crippen LogP contribution in [-0.4, -0.2) is 44.6 Å². The Hall–Kier alpha value is -1.12. The van der Waals surface area contributed by atoms with E-state index in [9.17, 15) is 13.2 Å². The summed E-state index contributed by atoms with van der Waals surface area (Å²) in [6.07, 6.45) is -0.402. The summed E-state index contributed by atoms with van der Waals surface area (Å²) in [5.74, 6) is 0. The summed E-state index contributed by atoms with van der Waals surface area (Å²) >= 11 is 1.22. The Morgan fingerprint density at radius 1 is 1.45 bits per heavy atom. The highest BCUT2D eigenvalue weighted by Gasteiger charge is 2.36. The third-order valence-corrected chi connectivity index (χ3v) is 6.06. The van der Waals surface area contributed by atoms with Crippen LogP contribution in [0.1, 0.15) is 18.7 Å². The molecular weight excluding hydrogens is 300 g/mol. The van der Waals surface area contributed by atoms with Crippen LogP contribution in [0.4, 0.5) is 4.79 Å². The van der Waals surface area contributed by atoms with E-state index in [0.29, 0.717) is 13.2 Å². The lowest BCUT2D eigenvalue weighted by Crippen LogP contribution is -2.52. The van der Waals surface area contributed by atoms with Crippen LogP contribution in [0, 0.1) is 6.92 Å². The Balaban J connectivity index is 2.05. The number of aryl methyl sites for hydroxylation is 1.